The number of nitrogens with two attached hydrogens (primary N) is 1. The summed E-state index contributed by atoms with van der Waals surface area (Å²) in [7, 11) is 1.84. The molecule has 0 aliphatic heterocycles. The molecule has 2 fully saturated rings. The van der Waals surface area contributed by atoms with Crippen molar-refractivity contribution in [2.45, 2.75) is 69.9 Å². The SMILES string of the molecule is Cc1nn(C)c(C)c1C(=O)NC1(c2nc(C3(N)CCC3)no2)CCCC1. The van der Waals surface area contributed by atoms with Crippen molar-refractivity contribution in [1.82, 2.24) is 25.2 Å². The van der Waals surface area contributed by atoms with Crippen LogP contribution in [-0.4, -0.2) is 25.8 Å². The van der Waals surface area contributed by atoms with Crippen LogP contribution < -0.4 is 11.1 Å². The molecule has 2 aliphatic rings. The van der Waals surface area contributed by atoms with Crippen molar-refractivity contribution in [2.24, 2.45) is 12.8 Å². The molecule has 0 saturated heterocycles. The summed E-state index contributed by atoms with van der Waals surface area (Å²) in [5, 5.41) is 11.7. The molecule has 3 N–H and O–H groups in total. The van der Waals surface area contributed by atoms with E-state index in [-0.39, 0.29) is 5.91 Å². The standard InChI is InChI=1S/C18H26N6O2/c1-11-13(12(2)24(3)22-11)14(25)21-18(9-4-5-10-18)16-20-15(23-26-16)17(19)7-6-8-17/h4-10,19H2,1-3H3,(H,21,25). The van der Waals surface area contributed by atoms with Crippen LogP contribution in [0.3, 0.4) is 0 Å². The summed E-state index contributed by atoms with van der Waals surface area (Å²) in [6, 6.07) is 0. The Hall–Kier alpha value is -2.22. The molecule has 2 heterocycles. The van der Waals surface area contributed by atoms with E-state index in [4.69, 9.17) is 10.3 Å². The topological polar surface area (TPSA) is 112 Å². The lowest BCUT2D eigenvalue weighted by molar-refractivity contribution is 0.0873. The van der Waals surface area contributed by atoms with Gasteiger partial charge in [0.05, 0.1) is 16.8 Å². The van der Waals surface area contributed by atoms with Crippen molar-refractivity contribution < 1.29 is 9.32 Å². The smallest absolute Gasteiger partial charge is 0.255 e. The van der Waals surface area contributed by atoms with Gasteiger partial charge in [-0.05, 0) is 46.0 Å². The van der Waals surface area contributed by atoms with E-state index in [9.17, 15) is 4.79 Å². The summed E-state index contributed by atoms with van der Waals surface area (Å²) < 4.78 is 7.33. The summed E-state index contributed by atoms with van der Waals surface area (Å²) in [4.78, 5) is 17.6. The molecule has 4 rings (SSSR count). The number of aryl methyl sites for hydroxylation is 2. The van der Waals surface area contributed by atoms with Crippen molar-refractivity contribution in [3.63, 3.8) is 0 Å². The Labute approximate surface area is 152 Å². The third kappa shape index (κ3) is 2.55. The second kappa shape index (κ2) is 5.90. The molecule has 1 amide bonds. The maximum atomic E-state index is 13.0. The molecule has 26 heavy (non-hydrogen) atoms. The number of nitrogens with one attached hydrogen (secondary N) is 1. The monoisotopic (exact) mass is 358 g/mol. The minimum atomic E-state index is -0.614. The molecule has 0 spiro atoms. The van der Waals surface area contributed by atoms with E-state index in [0.717, 1.165) is 56.3 Å². The highest BCUT2D eigenvalue weighted by Crippen LogP contribution is 2.41. The van der Waals surface area contributed by atoms with Gasteiger partial charge in [-0.1, -0.05) is 18.0 Å². The van der Waals surface area contributed by atoms with Crippen molar-refractivity contribution in [1.29, 1.82) is 0 Å². The minimum Gasteiger partial charge on any atom is -0.337 e. The van der Waals surface area contributed by atoms with Crippen LogP contribution in [0.4, 0.5) is 0 Å². The first kappa shape index (κ1) is 17.2. The molecule has 2 aromatic heterocycles. The van der Waals surface area contributed by atoms with E-state index in [1.165, 1.54) is 0 Å². The molecular weight excluding hydrogens is 332 g/mol. The summed E-state index contributed by atoms with van der Waals surface area (Å²) in [6.07, 6.45) is 6.43. The molecular formula is C18H26N6O2. The van der Waals surface area contributed by atoms with E-state index in [0.29, 0.717) is 17.3 Å². The maximum absolute atomic E-state index is 13.0. The van der Waals surface area contributed by atoms with Crippen LogP contribution in [0.1, 0.15) is 78.4 Å². The number of amides is 1. The van der Waals surface area contributed by atoms with E-state index in [1.54, 1.807) is 4.68 Å². The largest absolute Gasteiger partial charge is 0.337 e. The van der Waals surface area contributed by atoms with Crippen LogP contribution in [0.5, 0.6) is 0 Å². The predicted octanol–water partition coefficient (Wildman–Crippen LogP) is 1.96. The molecule has 0 radical (unpaired) electrons. The third-order valence-corrected chi connectivity index (χ3v) is 6.07. The Morgan fingerprint density at radius 1 is 1.19 bits per heavy atom. The molecule has 0 atom stereocenters. The maximum Gasteiger partial charge on any atom is 0.255 e. The molecule has 2 aromatic rings. The molecule has 140 valence electrons. The Balaban J connectivity index is 1.64. The molecule has 0 bridgehead atoms. The lowest BCUT2D eigenvalue weighted by Gasteiger charge is -2.34. The number of carbonyl (C=O) groups is 1. The van der Waals surface area contributed by atoms with Crippen LogP contribution in [0.25, 0.3) is 0 Å². The number of carbonyl (C=O) groups excluding carboxylic acids is 1. The van der Waals surface area contributed by atoms with Crippen LogP contribution in [0.2, 0.25) is 0 Å². The molecule has 8 nitrogen and oxygen atoms in total. The van der Waals surface area contributed by atoms with Gasteiger partial charge in [0.2, 0.25) is 0 Å². The zero-order chi connectivity index (χ0) is 18.5. The number of hydrogen-bond donors (Lipinski definition) is 2. The summed E-state index contributed by atoms with van der Waals surface area (Å²) in [5.74, 6) is 0.906. The minimum absolute atomic E-state index is 0.138. The van der Waals surface area contributed by atoms with Gasteiger partial charge in [0, 0.05) is 12.7 Å². The summed E-state index contributed by atoms with van der Waals surface area (Å²) >= 11 is 0. The molecule has 8 heteroatoms. The first-order valence-corrected chi connectivity index (χ1v) is 9.31. The van der Waals surface area contributed by atoms with Crippen molar-refractivity contribution in [3.05, 3.63) is 28.7 Å². The normalized spacial score (nSPS) is 20.8. The van der Waals surface area contributed by atoms with Crippen LogP contribution in [0, 0.1) is 13.8 Å². The fourth-order valence-electron chi connectivity index (χ4n) is 4.15. The first-order valence-electron chi connectivity index (χ1n) is 9.31. The lowest BCUT2D eigenvalue weighted by atomic mass is 9.77. The molecule has 0 aromatic carbocycles. The third-order valence-electron chi connectivity index (χ3n) is 6.07. The Kier molecular flexibility index (Phi) is 3.91. The van der Waals surface area contributed by atoms with Gasteiger partial charge in [-0.2, -0.15) is 10.1 Å². The molecule has 2 saturated carbocycles. The highest BCUT2D eigenvalue weighted by molar-refractivity contribution is 5.96. The van der Waals surface area contributed by atoms with Gasteiger partial charge in [0.1, 0.15) is 5.54 Å². The van der Waals surface area contributed by atoms with E-state index in [2.05, 4.69) is 20.6 Å². The van der Waals surface area contributed by atoms with Gasteiger partial charge in [0.25, 0.3) is 11.8 Å². The number of rotatable bonds is 4. The second-order valence-corrected chi connectivity index (χ2v) is 7.85. The van der Waals surface area contributed by atoms with Gasteiger partial charge in [-0.25, -0.2) is 0 Å². The van der Waals surface area contributed by atoms with E-state index < -0.39 is 11.1 Å². The molecule has 0 unspecified atom stereocenters. The van der Waals surface area contributed by atoms with Crippen molar-refractivity contribution in [3.8, 4) is 0 Å². The lowest BCUT2D eigenvalue weighted by Crippen LogP contribution is -2.46. The molecule has 2 aliphatic carbocycles. The van der Waals surface area contributed by atoms with Crippen molar-refractivity contribution in [2.75, 3.05) is 0 Å². The van der Waals surface area contributed by atoms with Crippen LogP contribution >= 0.6 is 0 Å². The quantitative estimate of drug-likeness (QED) is 0.864. The Morgan fingerprint density at radius 2 is 1.88 bits per heavy atom. The second-order valence-electron chi connectivity index (χ2n) is 7.85. The highest BCUT2D eigenvalue weighted by Gasteiger charge is 2.45. The van der Waals surface area contributed by atoms with Crippen LogP contribution in [-0.2, 0) is 18.1 Å². The van der Waals surface area contributed by atoms with Gasteiger partial charge >= 0.3 is 0 Å². The van der Waals surface area contributed by atoms with Crippen molar-refractivity contribution >= 4 is 5.91 Å². The van der Waals surface area contributed by atoms with Crippen LogP contribution in [0.15, 0.2) is 4.52 Å². The van der Waals surface area contributed by atoms with E-state index >= 15 is 0 Å². The zero-order valence-electron chi connectivity index (χ0n) is 15.6. The van der Waals surface area contributed by atoms with E-state index in [1.807, 2.05) is 20.9 Å². The number of hydrogen-bond acceptors (Lipinski definition) is 6. The van der Waals surface area contributed by atoms with Gasteiger partial charge < -0.3 is 15.6 Å². The Bertz CT molecular complexity index is 842. The summed E-state index contributed by atoms with van der Waals surface area (Å²) in [5.41, 5.74) is 7.43. The Morgan fingerprint density at radius 3 is 2.42 bits per heavy atom. The summed E-state index contributed by atoms with van der Waals surface area (Å²) in [6.45, 7) is 3.75. The van der Waals surface area contributed by atoms with Gasteiger partial charge in [-0.15, -0.1) is 0 Å². The fraction of sp³-hybridized carbons (Fsp3) is 0.667. The average Bonchev–Trinajstić information content (AvgIpc) is 3.26. The van der Waals surface area contributed by atoms with Gasteiger partial charge in [0.15, 0.2) is 5.82 Å². The first-order chi connectivity index (χ1) is 12.3. The number of aromatic nitrogens is 4. The number of nitrogens with zero attached hydrogens (tertiary/aromatic N) is 4. The zero-order valence-corrected chi connectivity index (χ0v) is 15.6. The average molecular weight is 358 g/mol. The fourth-order valence-corrected chi connectivity index (χ4v) is 4.15. The predicted molar refractivity (Wildman–Crippen MR) is 94.3 cm³/mol. The highest BCUT2D eigenvalue weighted by atomic mass is 16.5. The van der Waals surface area contributed by atoms with Gasteiger partial charge in [-0.3, -0.25) is 9.48 Å².